The first-order valence-electron chi connectivity index (χ1n) is 9.86. The molecule has 0 unspecified atom stereocenters. The third-order valence-electron chi connectivity index (χ3n) is 4.96. The lowest BCUT2D eigenvalue weighted by molar-refractivity contribution is 0.0985. The number of anilines is 1. The van der Waals surface area contributed by atoms with E-state index >= 15 is 0 Å². The smallest absolute Gasteiger partial charge is 0.260 e. The number of pyridine rings is 1. The number of halogens is 1. The minimum Gasteiger partial charge on any atom is -0.279 e. The first-order chi connectivity index (χ1) is 15.3. The summed E-state index contributed by atoms with van der Waals surface area (Å²) >= 11 is 1.22. The van der Waals surface area contributed by atoms with E-state index in [1.807, 2.05) is 0 Å². The van der Waals surface area contributed by atoms with Crippen LogP contribution >= 0.6 is 11.3 Å². The fourth-order valence-corrected chi connectivity index (χ4v) is 5.16. The van der Waals surface area contributed by atoms with Gasteiger partial charge in [0.05, 0.1) is 26.9 Å². The van der Waals surface area contributed by atoms with Gasteiger partial charge in [0.1, 0.15) is 5.82 Å². The number of thiazole rings is 1. The van der Waals surface area contributed by atoms with Crippen molar-refractivity contribution in [3.63, 3.8) is 0 Å². The molecule has 0 aliphatic rings. The van der Waals surface area contributed by atoms with E-state index in [4.69, 9.17) is 0 Å². The zero-order chi connectivity index (χ0) is 22.9. The summed E-state index contributed by atoms with van der Waals surface area (Å²) in [6.45, 7) is 3.46. The Labute approximate surface area is 189 Å². The SMILES string of the molecule is CC(C)S(=O)(=O)c1ccc(C(=O)N(Cc2ccncc2)c2nc3ccc(F)cc3s2)cc1. The number of carbonyl (C=O) groups is 1. The van der Waals surface area contributed by atoms with E-state index < -0.39 is 15.1 Å². The highest BCUT2D eigenvalue weighted by Crippen LogP contribution is 2.31. The molecule has 0 bridgehead atoms. The van der Waals surface area contributed by atoms with Crippen LogP contribution in [-0.4, -0.2) is 29.5 Å². The predicted octanol–water partition coefficient (Wildman–Crippen LogP) is 4.86. The number of sulfone groups is 1. The number of hydrogen-bond donors (Lipinski definition) is 0. The van der Waals surface area contributed by atoms with E-state index in [1.54, 1.807) is 44.4 Å². The molecule has 0 aliphatic heterocycles. The van der Waals surface area contributed by atoms with Gasteiger partial charge in [0.2, 0.25) is 0 Å². The third kappa shape index (κ3) is 4.39. The third-order valence-corrected chi connectivity index (χ3v) is 8.17. The van der Waals surface area contributed by atoms with Crippen molar-refractivity contribution in [1.29, 1.82) is 0 Å². The Morgan fingerprint density at radius 2 is 1.75 bits per heavy atom. The molecule has 2 aromatic heterocycles. The van der Waals surface area contributed by atoms with E-state index in [0.717, 1.165) is 5.56 Å². The normalized spacial score (nSPS) is 11.8. The maximum atomic E-state index is 13.7. The first-order valence-corrected chi connectivity index (χ1v) is 12.2. The summed E-state index contributed by atoms with van der Waals surface area (Å²) in [5.41, 5.74) is 1.77. The summed E-state index contributed by atoms with van der Waals surface area (Å²) in [5.74, 6) is -0.712. The Bertz CT molecular complexity index is 1370. The van der Waals surface area contributed by atoms with Crippen LogP contribution < -0.4 is 4.90 Å². The lowest BCUT2D eigenvalue weighted by Gasteiger charge is -2.20. The van der Waals surface area contributed by atoms with Crippen molar-refractivity contribution < 1.29 is 17.6 Å². The molecule has 0 aliphatic carbocycles. The Morgan fingerprint density at radius 1 is 1.06 bits per heavy atom. The zero-order valence-corrected chi connectivity index (χ0v) is 19.0. The average molecular weight is 470 g/mol. The number of carbonyl (C=O) groups excluding carboxylic acids is 1. The number of fused-ring (bicyclic) bond motifs is 1. The highest BCUT2D eigenvalue weighted by molar-refractivity contribution is 7.92. The minimum atomic E-state index is -3.44. The van der Waals surface area contributed by atoms with Gasteiger partial charge < -0.3 is 0 Å². The summed E-state index contributed by atoms with van der Waals surface area (Å²) < 4.78 is 39.1. The first kappa shape index (κ1) is 22.0. The van der Waals surface area contributed by atoms with Gasteiger partial charge in [-0.1, -0.05) is 11.3 Å². The maximum Gasteiger partial charge on any atom is 0.260 e. The van der Waals surface area contributed by atoms with Gasteiger partial charge in [-0.15, -0.1) is 0 Å². The topological polar surface area (TPSA) is 80.2 Å². The fraction of sp³-hybridized carbons (Fsp3) is 0.174. The second-order valence-electron chi connectivity index (χ2n) is 7.47. The molecular weight excluding hydrogens is 449 g/mol. The number of nitrogens with zero attached hydrogens (tertiary/aromatic N) is 3. The number of benzene rings is 2. The van der Waals surface area contributed by atoms with Gasteiger partial charge in [-0.2, -0.15) is 0 Å². The van der Waals surface area contributed by atoms with E-state index in [2.05, 4.69) is 9.97 Å². The van der Waals surface area contributed by atoms with Crippen LogP contribution in [0.3, 0.4) is 0 Å². The lowest BCUT2D eigenvalue weighted by atomic mass is 10.2. The zero-order valence-electron chi connectivity index (χ0n) is 17.4. The van der Waals surface area contributed by atoms with Crippen LogP contribution in [0.15, 0.2) is 71.9 Å². The Hall–Kier alpha value is -3.17. The van der Waals surface area contributed by atoms with Gasteiger partial charge in [0, 0.05) is 18.0 Å². The highest BCUT2D eigenvalue weighted by Gasteiger charge is 2.24. The molecule has 32 heavy (non-hydrogen) atoms. The van der Waals surface area contributed by atoms with Crippen LogP contribution in [0.5, 0.6) is 0 Å². The quantitative estimate of drug-likeness (QED) is 0.403. The molecule has 164 valence electrons. The molecule has 2 heterocycles. The molecule has 4 aromatic rings. The van der Waals surface area contributed by atoms with E-state index in [1.165, 1.54) is 52.6 Å². The van der Waals surface area contributed by atoms with Crippen molar-refractivity contribution in [3.05, 3.63) is 83.9 Å². The molecule has 6 nitrogen and oxygen atoms in total. The number of amides is 1. The average Bonchev–Trinajstić information content (AvgIpc) is 3.20. The summed E-state index contributed by atoms with van der Waals surface area (Å²) in [5, 5.41) is -0.137. The molecule has 0 fully saturated rings. The molecule has 0 spiro atoms. The molecule has 1 amide bonds. The van der Waals surface area contributed by atoms with Crippen LogP contribution in [0.4, 0.5) is 9.52 Å². The molecule has 0 saturated carbocycles. The van der Waals surface area contributed by atoms with E-state index in [-0.39, 0.29) is 23.2 Å². The fourth-order valence-electron chi connectivity index (χ4n) is 3.11. The summed E-state index contributed by atoms with van der Waals surface area (Å²) in [7, 11) is -3.44. The van der Waals surface area contributed by atoms with Crippen LogP contribution in [0.2, 0.25) is 0 Å². The molecule has 0 N–H and O–H groups in total. The molecule has 2 aromatic carbocycles. The molecular formula is C23H20FN3O3S2. The summed E-state index contributed by atoms with van der Waals surface area (Å²) in [6, 6.07) is 13.8. The van der Waals surface area contributed by atoms with Gasteiger partial charge >= 0.3 is 0 Å². The van der Waals surface area contributed by atoms with Crippen molar-refractivity contribution in [1.82, 2.24) is 9.97 Å². The summed E-state index contributed by atoms with van der Waals surface area (Å²) in [4.78, 5) is 23.6. The van der Waals surface area contributed by atoms with Crippen molar-refractivity contribution in [2.75, 3.05) is 4.90 Å². The molecule has 0 radical (unpaired) electrons. The second kappa shape index (κ2) is 8.76. The van der Waals surface area contributed by atoms with Gasteiger partial charge in [0.15, 0.2) is 15.0 Å². The van der Waals surface area contributed by atoms with Crippen LogP contribution in [0, 0.1) is 5.82 Å². The van der Waals surface area contributed by atoms with E-state index in [0.29, 0.717) is 20.9 Å². The second-order valence-corrected chi connectivity index (χ2v) is 11.0. The number of rotatable bonds is 6. The molecule has 4 rings (SSSR count). The number of hydrogen-bond acceptors (Lipinski definition) is 6. The molecule has 0 saturated heterocycles. The Morgan fingerprint density at radius 3 is 2.41 bits per heavy atom. The summed E-state index contributed by atoms with van der Waals surface area (Å²) in [6.07, 6.45) is 3.27. The van der Waals surface area contributed by atoms with Gasteiger partial charge in [-0.3, -0.25) is 14.7 Å². The van der Waals surface area contributed by atoms with Crippen LogP contribution in [-0.2, 0) is 16.4 Å². The van der Waals surface area contributed by atoms with Crippen LogP contribution in [0.1, 0.15) is 29.8 Å². The minimum absolute atomic E-state index is 0.167. The Balaban J connectivity index is 1.73. The van der Waals surface area contributed by atoms with E-state index in [9.17, 15) is 17.6 Å². The van der Waals surface area contributed by atoms with Crippen molar-refractivity contribution >= 4 is 42.4 Å². The maximum absolute atomic E-state index is 13.7. The van der Waals surface area contributed by atoms with Gasteiger partial charge in [0.25, 0.3) is 5.91 Å². The Kier molecular flexibility index (Phi) is 6.03. The van der Waals surface area contributed by atoms with Crippen molar-refractivity contribution in [2.24, 2.45) is 0 Å². The lowest BCUT2D eigenvalue weighted by Crippen LogP contribution is -2.30. The monoisotopic (exact) mass is 469 g/mol. The predicted molar refractivity (Wildman–Crippen MR) is 123 cm³/mol. The largest absolute Gasteiger partial charge is 0.279 e. The van der Waals surface area contributed by atoms with Gasteiger partial charge in [-0.25, -0.2) is 17.8 Å². The molecule has 9 heteroatoms. The van der Waals surface area contributed by atoms with Gasteiger partial charge in [-0.05, 0) is 74.0 Å². The molecule has 0 atom stereocenters. The number of aromatic nitrogens is 2. The highest BCUT2D eigenvalue weighted by atomic mass is 32.2. The van der Waals surface area contributed by atoms with Crippen molar-refractivity contribution in [2.45, 2.75) is 30.5 Å². The van der Waals surface area contributed by atoms with Crippen LogP contribution in [0.25, 0.3) is 10.2 Å². The standard InChI is InChI=1S/C23H20FN3O3S2/c1-15(2)32(29,30)19-6-3-17(4-7-19)22(28)27(14-16-9-11-25-12-10-16)23-26-20-8-5-18(24)13-21(20)31-23/h3-13,15H,14H2,1-2H3. The van der Waals surface area contributed by atoms with Crippen molar-refractivity contribution in [3.8, 4) is 0 Å².